The van der Waals surface area contributed by atoms with Gasteiger partial charge in [-0.15, -0.1) is 0 Å². The molecule has 1 fully saturated rings. The molecule has 2 N–H and O–H groups in total. The number of hydrogen-bond acceptors (Lipinski definition) is 3. The highest BCUT2D eigenvalue weighted by Crippen LogP contribution is 2.19. The molecule has 6 heteroatoms. The van der Waals surface area contributed by atoms with Gasteiger partial charge in [0.25, 0.3) is 5.91 Å². The third kappa shape index (κ3) is 3.25. The van der Waals surface area contributed by atoms with Gasteiger partial charge < -0.3 is 15.5 Å². The zero-order valence-corrected chi connectivity index (χ0v) is 11.5. The summed E-state index contributed by atoms with van der Waals surface area (Å²) in [6.07, 6.45) is 2.35. The standard InChI is InChI=1S/C14H19F2N3O/c1-18(6-7-19-4-2-3-5-19)14(20)11-8-10(15)9-12(17)13(11)16/h8-9H,2-7,17H2,1H3. The second-order valence-corrected chi connectivity index (χ2v) is 5.13. The molecular weight excluding hydrogens is 264 g/mol. The van der Waals surface area contributed by atoms with Crippen LogP contribution in [0.4, 0.5) is 14.5 Å². The van der Waals surface area contributed by atoms with Crippen molar-refractivity contribution in [2.75, 3.05) is 39.0 Å². The zero-order valence-electron chi connectivity index (χ0n) is 11.5. The molecule has 1 saturated heterocycles. The van der Waals surface area contributed by atoms with E-state index in [1.165, 1.54) is 17.7 Å². The molecule has 1 aromatic carbocycles. The number of hydrogen-bond donors (Lipinski definition) is 1. The van der Waals surface area contributed by atoms with Crippen LogP contribution in [-0.4, -0.2) is 48.9 Å². The largest absolute Gasteiger partial charge is 0.396 e. The molecule has 0 atom stereocenters. The summed E-state index contributed by atoms with van der Waals surface area (Å²) >= 11 is 0. The van der Waals surface area contributed by atoms with Gasteiger partial charge in [0.15, 0.2) is 5.82 Å². The zero-order chi connectivity index (χ0) is 14.7. The molecule has 1 heterocycles. The van der Waals surface area contributed by atoms with Crippen molar-refractivity contribution in [1.82, 2.24) is 9.80 Å². The number of likely N-dealkylation sites (N-methyl/N-ethyl adjacent to an activating group) is 1. The number of carbonyl (C=O) groups is 1. The maximum atomic E-state index is 13.8. The van der Waals surface area contributed by atoms with Gasteiger partial charge in [0.1, 0.15) is 5.82 Å². The average Bonchev–Trinajstić information content (AvgIpc) is 2.92. The Balaban J connectivity index is 2.02. The lowest BCUT2D eigenvalue weighted by Gasteiger charge is -2.22. The lowest BCUT2D eigenvalue weighted by atomic mass is 10.1. The van der Waals surface area contributed by atoms with E-state index in [1.54, 1.807) is 7.05 Å². The number of carbonyl (C=O) groups excluding carboxylic acids is 1. The molecule has 1 aliphatic rings. The first kappa shape index (κ1) is 14.7. The van der Waals surface area contributed by atoms with Crippen molar-refractivity contribution in [3.05, 3.63) is 29.3 Å². The van der Waals surface area contributed by atoms with E-state index in [4.69, 9.17) is 5.73 Å². The van der Waals surface area contributed by atoms with Crippen LogP contribution in [0.3, 0.4) is 0 Å². The van der Waals surface area contributed by atoms with Gasteiger partial charge in [-0.2, -0.15) is 0 Å². The quantitative estimate of drug-likeness (QED) is 0.856. The van der Waals surface area contributed by atoms with Crippen LogP contribution in [0, 0.1) is 11.6 Å². The average molecular weight is 283 g/mol. The number of nitrogens with two attached hydrogens (primary N) is 1. The smallest absolute Gasteiger partial charge is 0.256 e. The van der Waals surface area contributed by atoms with Crippen molar-refractivity contribution < 1.29 is 13.6 Å². The van der Waals surface area contributed by atoms with Crippen molar-refractivity contribution >= 4 is 11.6 Å². The van der Waals surface area contributed by atoms with E-state index in [-0.39, 0.29) is 11.3 Å². The Morgan fingerprint density at radius 3 is 2.65 bits per heavy atom. The van der Waals surface area contributed by atoms with Crippen molar-refractivity contribution in [3.8, 4) is 0 Å². The number of benzene rings is 1. The molecule has 0 spiro atoms. The van der Waals surface area contributed by atoms with Crippen molar-refractivity contribution in [2.24, 2.45) is 0 Å². The Hall–Kier alpha value is -1.69. The minimum atomic E-state index is -0.857. The Morgan fingerprint density at radius 2 is 2.00 bits per heavy atom. The van der Waals surface area contributed by atoms with Gasteiger partial charge in [-0.1, -0.05) is 0 Å². The van der Waals surface area contributed by atoms with Crippen LogP contribution in [0.5, 0.6) is 0 Å². The lowest BCUT2D eigenvalue weighted by Crippen LogP contribution is -2.35. The third-order valence-electron chi connectivity index (χ3n) is 3.59. The van der Waals surface area contributed by atoms with E-state index >= 15 is 0 Å². The molecule has 1 aromatic rings. The summed E-state index contributed by atoms with van der Waals surface area (Å²) in [5.41, 5.74) is 4.68. The van der Waals surface area contributed by atoms with Crippen molar-refractivity contribution in [3.63, 3.8) is 0 Å². The molecule has 4 nitrogen and oxygen atoms in total. The predicted octanol–water partition coefficient (Wildman–Crippen LogP) is 1.71. The van der Waals surface area contributed by atoms with Crippen LogP contribution in [0.2, 0.25) is 0 Å². The third-order valence-corrected chi connectivity index (χ3v) is 3.59. The van der Waals surface area contributed by atoms with Crippen LogP contribution in [-0.2, 0) is 0 Å². The number of nitrogen functional groups attached to an aromatic ring is 1. The van der Waals surface area contributed by atoms with Crippen LogP contribution in [0.1, 0.15) is 23.2 Å². The lowest BCUT2D eigenvalue weighted by molar-refractivity contribution is 0.0777. The van der Waals surface area contributed by atoms with Gasteiger partial charge in [-0.3, -0.25) is 4.79 Å². The summed E-state index contributed by atoms with van der Waals surface area (Å²) in [5, 5.41) is 0. The molecular formula is C14H19F2N3O. The number of anilines is 1. The molecule has 2 rings (SSSR count). The molecule has 0 bridgehead atoms. The Bertz CT molecular complexity index is 501. The first-order valence-corrected chi connectivity index (χ1v) is 6.71. The van der Waals surface area contributed by atoms with E-state index in [2.05, 4.69) is 4.90 Å². The van der Waals surface area contributed by atoms with E-state index in [0.29, 0.717) is 6.54 Å². The molecule has 0 saturated carbocycles. The van der Waals surface area contributed by atoms with Crippen LogP contribution < -0.4 is 5.73 Å². The van der Waals surface area contributed by atoms with Crippen LogP contribution in [0.15, 0.2) is 12.1 Å². The summed E-state index contributed by atoms with van der Waals surface area (Å²) in [4.78, 5) is 15.8. The van der Waals surface area contributed by atoms with E-state index in [9.17, 15) is 13.6 Å². The second kappa shape index (κ2) is 6.17. The van der Waals surface area contributed by atoms with E-state index in [1.807, 2.05) is 0 Å². The number of halogens is 2. The minimum Gasteiger partial charge on any atom is -0.396 e. The fourth-order valence-corrected chi connectivity index (χ4v) is 2.37. The van der Waals surface area contributed by atoms with Gasteiger partial charge >= 0.3 is 0 Å². The van der Waals surface area contributed by atoms with Crippen molar-refractivity contribution in [2.45, 2.75) is 12.8 Å². The monoisotopic (exact) mass is 283 g/mol. The highest BCUT2D eigenvalue weighted by molar-refractivity contribution is 5.95. The maximum Gasteiger partial charge on any atom is 0.256 e. The molecule has 1 amide bonds. The summed E-state index contributed by atoms with van der Waals surface area (Å²) < 4.78 is 27.0. The highest BCUT2D eigenvalue weighted by Gasteiger charge is 2.20. The number of rotatable bonds is 4. The molecule has 0 unspecified atom stereocenters. The number of amides is 1. The van der Waals surface area contributed by atoms with Gasteiger partial charge in [-0.25, -0.2) is 8.78 Å². The molecule has 0 radical (unpaired) electrons. The SMILES string of the molecule is CN(CCN1CCCC1)C(=O)c1cc(F)cc(N)c1F. The van der Waals surface area contributed by atoms with E-state index in [0.717, 1.165) is 31.8 Å². The predicted molar refractivity (Wildman–Crippen MR) is 73.4 cm³/mol. The van der Waals surface area contributed by atoms with Crippen molar-refractivity contribution in [1.29, 1.82) is 0 Å². The summed E-state index contributed by atoms with van der Waals surface area (Å²) in [7, 11) is 1.58. The molecule has 0 aliphatic carbocycles. The van der Waals surface area contributed by atoms with Gasteiger partial charge in [-0.05, 0) is 38.1 Å². The Labute approximate surface area is 117 Å². The second-order valence-electron chi connectivity index (χ2n) is 5.13. The summed E-state index contributed by atoms with van der Waals surface area (Å²) in [6.45, 7) is 3.29. The molecule has 20 heavy (non-hydrogen) atoms. The van der Waals surface area contributed by atoms with Gasteiger partial charge in [0, 0.05) is 20.1 Å². The van der Waals surface area contributed by atoms with Gasteiger partial charge in [0.2, 0.25) is 0 Å². The summed E-state index contributed by atoms with van der Waals surface area (Å²) in [5.74, 6) is -2.11. The fourth-order valence-electron chi connectivity index (χ4n) is 2.37. The first-order chi connectivity index (χ1) is 9.49. The maximum absolute atomic E-state index is 13.8. The molecule has 0 aromatic heterocycles. The first-order valence-electron chi connectivity index (χ1n) is 6.71. The van der Waals surface area contributed by atoms with Crippen LogP contribution >= 0.6 is 0 Å². The van der Waals surface area contributed by atoms with Gasteiger partial charge in [0.05, 0.1) is 11.3 Å². The minimum absolute atomic E-state index is 0.313. The Kier molecular flexibility index (Phi) is 4.54. The number of likely N-dealkylation sites (tertiary alicyclic amines) is 1. The molecule has 1 aliphatic heterocycles. The summed E-state index contributed by atoms with van der Waals surface area (Å²) in [6, 6.07) is 1.76. The highest BCUT2D eigenvalue weighted by atomic mass is 19.1. The topological polar surface area (TPSA) is 49.6 Å². The van der Waals surface area contributed by atoms with Crippen LogP contribution in [0.25, 0.3) is 0 Å². The number of nitrogens with zero attached hydrogens (tertiary/aromatic N) is 2. The van der Waals surface area contributed by atoms with E-state index < -0.39 is 17.5 Å². The normalized spacial score (nSPS) is 15.6. The fraction of sp³-hybridized carbons (Fsp3) is 0.500. The molecule has 110 valence electrons. The Morgan fingerprint density at radius 1 is 1.35 bits per heavy atom.